The molecular weight excluding hydrogens is 223 g/mol. The van der Waals surface area contributed by atoms with E-state index in [0.717, 1.165) is 5.56 Å². The molecule has 0 aliphatic carbocycles. The predicted octanol–water partition coefficient (Wildman–Crippen LogP) is 2.32. The Hall–Kier alpha value is -1.22. The number of hydrogen-bond acceptors (Lipinski definition) is 0. The van der Waals surface area contributed by atoms with Crippen molar-refractivity contribution in [3.8, 4) is 10.7 Å². The Labute approximate surface area is 85.8 Å². The van der Waals surface area contributed by atoms with Gasteiger partial charge in [-0.2, -0.15) is 0 Å². The van der Waals surface area contributed by atoms with Gasteiger partial charge in [0.15, 0.2) is 0 Å². The van der Waals surface area contributed by atoms with E-state index in [1.807, 2.05) is 18.2 Å². The summed E-state index contributed by atoms with van der Waals surface area (Å²) in [6, 6.07) is 14.5. The van der Waals surface area contributed by atoms with E-state index in [1.54, 1.807) is 0 Å². The molecule has 0 fully saturated rings. The molecular formula is C12H7Se. The Kier molecular flexibility index (Phi) is 2.36. The molecule has 0 spiro atoms. The van der Waals surface area contributed by atoms with Gasteiger partial charge in [-0.3, -0.25) is 0 Å². The molecule has 0 nitrogen and oxygen atoms in total. The standard InChI is InChI=1S/C12H7Se/c13-8-7-10-5-6-11-3-1-2-4-12(11)9-10/h1-6,9H. The summed E-state index contributed by atoms with van der Waals surface area (Å²) in [5, 5.41) is 2.50. The minimum absolute atomic E-state index is 1.05. The zero-order valence-electron chi connectivity index (χ0n) is 6.95. The molecule has 2 rings (SSSR count). The maximum absolute atomic E-state index is 2.99. The second-order valence-corrected chi connectivity index (χ2v) is 3.22. The molecule has 0 aliphatic heterocycles. The van der Waals surface area contributed by atoms with Gasteiger partial charge in [0.1, 0.15) is 0 Å². The van der Waals surface area contributed by atoms with Crippen molar-refractivity contribution < 1.29 is 0 Å². The summed E-state index contributed by atoms with van der Waals surface area (Å²) < 4.78 is 0. The number of benzene rings is 2. The molecule has 0 saturated heterocycles. The fourth-order valence-corrected chi connectivity index (χ4v) is 1.57. The topological polar surface area (TPSA) is 0 Å². The molecule has 2 aromatic carbocycles. The zero-order chi connectivity index (χ0) is 9.10. The van der Waals surface area contributed by atoms with Crippen molar-refractivity contribution in [3.05, 3.63) is 48.0 Å². The Balaban J connectivity index is 2.66. The monoisotopic (exact) mass is 231 g/mol. The first-order valence-electron chi connectivity index (χ1n) is 4.02. The van der Waals surface area contributed by atoms with Crippen LogP contribution in [0.25, 0.3) is 10.8 Å². The molecule has 2 aromatic rings. The van der Waals surface area contributed by atoms with E-state index in [1.165, 1.54) is 10.8 Å². The average Bonchev–Trinajstić information content (AvgIpc) is 2.18. The molecule has 0 N–H and O–H groups in total. The Morgan fingerprint density at radius 1 is 0.923 bits per heavy atom. The first-order valence-corrected chi connectivity index (χ1v) is 4.88. The van der Waals surface area contributed by atoms with Crippen LogP contribution in [-0.2, 0) is 0 Å². The minimum atomic E-state index is 1.05. The van der Waals surface area contributed by atoms with Gasteiger partial charge < -0.3 is 0 Å². The van der Waals surface area contributed by atoms with E-state index in [-0.39, 0.29) is 0 Å². The average molecular weight is 230 g/mol. The summed E-state index contributed by atoms with van der Waals surface area (Å²) in [5.74, 6) is 2.99. The normalized spacial score (nSPS) is 9.23. The number of fused-ring (bicyclic) bond motifs is 1. The zero-order valence-corrected chi connectivity index (χ0v) is 8.66. The third kappa shape index (κ3) is 1.75. The van der Waals surface area contributed by atoms with Crippen LogP contribution in [0.2, 0.25) is 0 Å². The van der Waals surface area contributed by atoms with Crippen LogP contribution >= 0.6 is 0 Å². The van der Waals surface area contributed by atoms with E-state index in [4.69, 9.17) is 0 Å². The second-order valence-electron chi connectivity index (χ2n) is 2.79. The van der Waals surface area contributed by atoms with Gasteiger partial charge in [-0.05, 0) is 0 Å². The van der Waals surface area contributed by atoms with Gasteiger partial charge >= 0.3 is 85.6 Å². The van der Waals surface area contributed by atoms with Crippen molar-refractivity contribution in [2.24, 2.45) is 0 Å². The molecule has 1 radical (unpaired) electrons. The molecule has 13 heavy (non-hydrogen) atoms. The molecule has 0 heterocycles. The summed E-state index contributed by atoms with van der Waals surface area (Å²) >= 11 is 2.68. The molecule has 0 bridgehead atoms. The number of hydrogen-bond donors (Lipinski definition) is 0. The van der Waals surface area contributed by atoms with E-state index in [9.17, 15) is 0 Å². The molecule has 0 unspecified atom stereocenters. The summed E-state index contributed by atoms with van der Waals surface area (Å²) in [5.41, 5.74) is 1.05. The molecule has 0 saturated carbocycles. The molecule has 0 aliphatic rings. The summed E-state index contributed by atoms with van der Waals surface area (Å²) in [6.07, 6.45) is 0. The first-order chi connectivity index (χ1) is 6.40. The third-order valence-corrected chi connectivity index (χ3v) is 2.16. The Morgan fingerprint density at radius 2 is 1.69 bits per heavy atom. The van der Waals surface area contributed by atoms with Gasteiger partial charge in [0.05, 0.1) is 0 Å². The van der Waals surface area contributed by atoms with E-state index >= 15 is 0 Å². The van der Waals surface area contributed by atoms with Gasteiger partial charge in [-0.15, -0.1) is 0 Å². The van der Waals surface area contributed by atoms with Crippen molar-refractivity contribution in [1.29, 1.82) is 0 Å². The second kappa shape index (κ2) is 3.66. The van der Waals surface area contributed by atoms with Crippen LogP contribution in [0.5, 0.6) is 0 Å². The summed E-state index contributed by atoms with van der Waals surface area (Å²) in [6.45, 7) is 0. The molecule has 0 amide bonds. The van der Waals surface area contributed by atoms with Crippen LogP contribution < -0.4 is 0 Å². The van der Waals surface area contributed by atoms with Crippen LogP contribution in [0.15, 0.2) is 42.5 Å². The predicted molar refractivity (Wildman–Crippen MR) is 56.6 cm³/mol. The van der Waals surface area contributed by atoms with E-state index in [0.29, 0.717) is 0 Å². The molecule has 1 heteroatoms. The van der Waals surface area contributed by atoms with Crippen molar-refractivity contribution in [2.75, 3.05) is 0 Å². The van der Waals surface area contributed by atoms with Gasteiger partial charge in [0.25, 0.3) is 0 Å². The maximum atomic E-state index is 2.99. The van der Waals surface area contributed by atoms with Crippen molar-refractivity contribution in [2.45, 2.75) is 0 Å². The van der Waals surface area contributed by atoms with E-state index in [2.05, 4.69) is 51.0 Å². The van der Waals surface area contributed by atoms with Gasteiger partial charge in [0, 0.05) is 0 Å². The number of rotatable bonds is 0. The van der Waals surface area contributed by atoms with Gasteiger partial charge in [-0.1, -0.05) is 0 Å². The van der Waals surface area contributed by atoms with Gasteiger partial charge in [-0.25, -0.2) is 0 Å². The van der Waals surface area contributed by atoms with Gasteiger partial charge in [0.2, 0.25) is 0 Å². The fraction of sp³-hybridized carbons (Fsp3) is 0. The Bertz CT molecular complexity index is 489. The van der Waals surface area contributed by atoms with Crippen molar-refractivity contribution >= 4 is 26.8 Å². The van der Waals surface area contributed by atoms with Crippen LogP contribution in [0.4, 0.5) is 0 Å². The molecule has 0 aromatic heterocycles. The Morgan fingerprint density at radius 3 is 2.46 bits per heavy atom. The van der Waals surface area contributed by atoms with Crippen molar-refractivity contribution in [1.82, 2.24) is 0 Å². The summed E-state index contributed by atoms with van der Waals surface area (Å²) in [4.78, 5) is 2.77. The van der Waals surface area contributed by atoms with Crippen LogP contribution in [-0.4, -0.2) is 16.0 Å². The molecule has 61 valence electrons. The van der Waals surface area contributed by atoms with E-state index < -0.39 is 0 Å². The van der Waals surface area contributed by atoms with Crippen LogP contribution in [0, 0.1) is 10.7 Å². The third-order valence-electron chi connectivity index (χ3n) is 1.94. The SMILES string of the molecule is [Se]C#Cc1ccc2ccccc2c1. The first kappa shape index (κ1) is 8.38. The molecule has 0 atom stereocenters. The van der Waals surface area contributed by atoms with Crippen LogP contribution in [0.1, 0.15) is 5.56 Å². The fourth-order valence-electron chi connectivity index (χ4n) is 1.33. The van der Waals surface area contributed by atoms with Crippen molar-refractivity contribution in [3.63, 3.8) is 0 Å². The van der Waals surface area contributed by atoms with Crippen LogP contribution in [0.3, 0.4) is 0 Å². The summed E-state index contributed by atoms with van der Waals surface area (Å²) in [7, 11) is 0. The quantitative estimate of drug-likeness (QED) is 0.481.